The SMILES string of the molecule is Cc1ccc(C(=O)Oc2ccc(C(=O)CN(C(=O)c3ccc(Cl)c(Cl)c3)N3C(=O)[C@@H]4[C@H](C3=O)[C@H]3C=C[C@H]4C3)cc2)cc1. The molecule has 1 saturated heterocycles. The summed E-state index contributed by atoms with van der Waals surface area (Å²) in [6, 6.07) is 16.9. The summed E-state index contributed by atoms with van der Waals surface area (Å²) in [5, 5.41) is 2.07. The molecule has 0 spiro atoms. The standard InChI is InChI=1S/C32H24Cl2N2O6/c1-17-2-4-19(5-3-17)32(41)42-23-11-8-18(9-12-23)26(37)16-35(29(38)22-10-13-24(33)25(34)15-22)36-30(39)27-20-6-7-21(14-20)28(27)31(36)40/h2-13,15,20-21,27-28H,14,16H2,1H3/t20-,21-,27-,28+/m0/s1. The molecule has 2 fully saturated rings. The van der Waals surface area contributed by atoms with E-state index in [-0.39, 0.29) is 38.8 Å². The van der Waals surface area contributed by atoms with Gasteiger partial charge in [-0.25, -0.2) is 9.80 Å². The van der Waals surface area contributed by atoms with Crippen LogP contribution in [0.25, 0.3) is 0 Å². The van der Waals surface area contributed by atoms with E-state index in [1.807, 2.05) is 19.1 Å². The Hall–Kier alpha value is -4.27. The summed E-state index contributed by atoms with van der Waals surface area (Å²) in [5.41, 5.74) is 1.64. The molecule has 2 aliphatic carbocycles. The van der Waals surface area contributed by atoms with Crippen molar-refractivity contribution < 1.29 is 28.7 Å². The number of nitrogens with zero attached hydrogens (tertiary/aromatic N) is 2. The van der Waals surface area contributed by atoms with Gasteiger partial charge in [-0.2, -0.15) is 5.01 Å². The molecule has 0 aromatic heterocycles. The Morgan fingerprint density at radius 3 is 1.98 bits per heavy atom. The molecule has 8 nitrogen and oxygen atoms in total. The number of allylic oxidation sites excluding steroid dienone is 2. The first kappa shape index (κ1) is 27.9. The van der Waals surface area contributed by atoms with Crippen LogP contribution in [0.5, 0.6) is 5.75 Å². The van der Waals surface area contributed by atoms with E-state index >= 15 is 0 Å². The number of rotatable bonds is 7. The van der Waals surface area contributed by atoms with Crippen LogP contribution in [0.2, 0.25) is 10.0 Å². The molecule has 0 unspecified atom stereocenters. The summed E-state index contributed by atoms with van der Waals surface area (Å²) >= 11 is 12.2. The van der Waals surface area contributed by atoms with Crippen LogP contribution in [-0.2, 0) is 9.59 Å². The average Bonchev–Trinajstić information content (AvgIpc) is 3.67. The normalized spacial score (nSPS) is 21.9. The highest BCUT2D eigenvalue weighted by molar-refractivity contribution is 6.42. The Labute approximate surface area is 251 Å². The minimum absolute atomic E-state index is 0.0642. The van der Waals surface area contributed by atoms with E-state index in [2.05, 4.69) is 0 Å². The van der Waals surface area contributed by atoms with Crippen LogP contribution < -0.4 is 4.74 Å². The molecule has 10 heteroatoms. The molecular formula is C32H24Cl2N2O6. The molecule has 3 amide bonds. The predicted molar refractivity (Wildman–Crippen MR) is 154 cm³/mol. The van der Waals surface area contributed by atoms with Crippen molar-refractivity contribution in [3.63, 3.8) is 0 Å². The highest BCUT2D eigenvalue weighted by Gasteiger charge is 2.61. The van der Waals surface area contributed by atoms with Crippen LogP contribution >= 0.6 is 23.2 Å². The number of benzene rings is 3. The van der Waals surface area contributed by atoms with E-state index in [0.717, 1.165) is 22.0 Å². The van der Waals surface area contributed by atoms with Gasteiger partial charge >= 0.3 is 5.97 Å². The van der Waals surface area contributed by atoms with Gasteiger partial charge in [0.2, 0.25) is 0 Å². The van der Waals surface area contributed by atoms with Gasteiger partial charge in [-0.15, -0.1) is 0 Å². The van der Waals surface area contributed by atoms with Gasteiger partial charge in [-0.05, 0) is 79.8 Å². The summed E-state index contributed by atoms with van der Waals surface area (Å²) in [6.07, 6.45) is 4.62. The molecule has 6 rings (SSSR count). The molecule has 4 atom stereocenters. The Bertz CT molecular complexity index is 1640. The Balaban J connectivity index is 1.24. The van der Waals surface area contributed by atoms with Gasteiger partial charge in [0, 0.05) is 11.1 Å². The summed E-state index contributed by atoms with van der Waals surface area (Å²) in [5.74, 6) is -3.87. The maximum absolute atomic E-state index is 13.7. The third kappa shape index (κ3) is 4.91. The summed E-state index contributed by atoms with van der Waals surface area (Å²) in [7, 11) is 0. The molecule has 3 aliphatic rings. The molecule has 3 aromatic rings. The van der Waals surface area contributed by atoms with Crippen molar-refractivity contribution in [3.8, 4) is 5.75 Å². The lowest BCUT2D eigenvalue weighted by Gasteiger charge is -2.31. The molecule has 212 valence electrons. The van der Waals surface area contributed by atoms with Crippen molar-refractivity contribution in [2.45, 2.75) is 13.3 Å². The number of Topliss-reactive ketones (excluding diaryl/α,β-unsaturated/α-hetero) is 1. The average molecular weight is 603 g/mol. The number of hydrogen-bond donors (Lipinski definition) is 0. The monoisotopic (exact) mass is 602 g/mol. The number of fused-ring (bicyclic) bond motifs is 5. The number of hydrazine groups is 1. The lowest BCUT2D eigenvalue weighted by Crippen LogP contribution is -2.52. The van der Waals surface area contributed by atoms with Crippen LogP contribution in [0.15, 0.2) is 78.9 Å². The van der Waals surface area contributed by atoms with E-state index in [1.54, 1.807) is 24.3 Å². The molecule has 0 radical (unpaired) electrons. The first-order valence-electron chi connectivity index (χ1n) is 13.4. The topological polar surface area (TPSA) is 101 Å². The van der Waals surface area contributed by atoms with Gasteiger partial charge < -0.3 is 4.74 Å². The molecule has 1 aliphatic heterocycles. The number of carbonyl (C=O) groups excluding carboxylic acids is 5. The van der Waals surface area contributed by atoms with Crippen molar-refractivity contribution >= 4 is 52.7 Å². The molecule has 2 bridgehead atoms. The van der Waals surface area contributed by atoms with Crippen molar-refractivity contribution in [3.05, 3.63) is 111 Å². The zero-order valence-corrected chi connectivity index (χ0v) is 23.8. The van der Waals surface area contributed by atoms with Crippen LogP contribution in [0, 0.1) is 30.6 Å². The lowest BCUT2D eigenvalue weighted by atomic mass is 9.85. The van der Waals surface area contributed by atoms with E-state index in [4.69, 9.17) is 27.9 Å². The van der Waals surface area contributed by atoms with Crippen molar-refractivity contribution in [1.29, 1.82) is 0 Å². The minimum Gasteiger partial charge on any atom is -0.423 e. The number of amides is 3. The molecule has 0 N–H and O–H groups in total. The summed E-state index contributed by atoms with van der Waals surface area (Å²) in [6.45, 7) is 1.33. The largest absolute Gasteiger partial charge is 0.423 e. The maximum atomic E-state index is 13.7. The van der Waals surface area contributed by atoms with Crippen LogP contribution in [0.4, 0.5) is 0 Å². The van der Waals surface area contributed by atoms with Gasteiger partial charge in [-0.3, -0.25) is 19.2 Å². The fourth-order valence-electron chi connectivity index (χ4n) is 5.93. The quantitative estimate of drug-likeness (QED) is 0.115. The van der Waals surface area contributed by atoms with Gasteiger partial charge in [0.25, 0.3) is 17.7 Å². The number of aryl methyl sites for hydroxylation is 1. The highest BCUT2D eigenvalue weighted by atomic mass is 35.5. The third-order valence-electron chi connectivity index (χ3n) is 8.06. The number of ether oxygens (including phenoxy) is 1. The summed E-state index contributed by atoms with van der Waals surface area (Å²) in [4.78, 5) is 66.8. The van der Waals surface area contributed by atoms with Crippen LogP contribution in [0.3, 0.4) is 0 Å². The highest BCUT2D eigenvalue weighted by Crippen LogP contribution is 2.52. The van der Waals surface area contributed by atoms with Gasteiger partial charge in [-0.1, -0.05) is 53.1 Å². The van der Waals surface area contributed by atoms with E-state index in [9.17, 15) is 24.0 Å². The molecule has 1 heterocycles. The Morgan fingerprint density at radius 2 is 1.38 bits per heavy atom. The molecule has 1 saturated carbocycles. The first-order valence-corrected chi connectivity index (χ1v) is 14.1. The molecule has 42 heavy (non-hydrogen) atoms. The van der Waals surface area contributed by atoms with E-state index in [1.165, 1.54) is 42.5 Å². The molecular weight excluding hydrogens is 579 g/mol. The Kier molecular flexibility index (Phi) is 7.20. The second kappa shape index (κ2) is 10.9. The fourth-order valence-corrected chi connectivity index (χ4v) is 6.23. The van der Waals surface area contributed by atoms with Crippen molar-refractivity contribution in [1.82, 2.24) is 10.0 Å². The number of imide groups is 1. The van der Waals surface area contributed by atoms with E-state index in [0.29, 0.717) is 5.56 Å². The maximum Gasteiger partial charge on any atom is 0.343 e. The fraction of sp³-hybridized carbons (Fsp3) is 0.219. The lowest BCUT2D eigenvalue weighted by molar-refractivity contribution is -0.154. The number of hydrogen-bond acceptors (Lipinski definition) is 6. The van der Waals surface area contributed by atoms with Gasteiger partial charge in [0.05, 0.1) is 27.4 Å². The van der Waals surface area contributed by atoms with Gasteiger partial charge in [0.1, 0.15) is 12.3 Å². The number of esters is 1. The number of ketones is 1. The predicted octanol–water partition coefficient (Wildman–Crippen LogP) is 5.57. The van der Waals surface area contributed by atoms with Crippen LogP contribution in [-0.4, -0.2) is 46.0 Å². The summed E-state index contributed by atoms with van der Waals surface area (Å²) < 4.78 is 5.41. The number of halogens is 2. The third-order valence-corrected chi connectivity index (χ3v) is 8.80. The Morgan fingerprint density at radius 1 is 0.810 bits per heavy atom. The minimum atomic E-state index is -0.743. The van der Waals surface area contributed by atoms with E-state index < -0.39 is 47.9 Å². The molecule has 3 aromatic carbocycles. The second-order valence-electron chi connectivity index (χ2n) is 10.7. The zero-order chi connectivity index (χ0) is 29.7. The van der Waals surface area contributed by atoms with Crippen molar-refractivity contribution in [2.75, 3.05) is 6.54 Å². The number of carbonyl (C=O) groups is 5. The van der Waals surface area contributed by atoms with Crippen LogP contribution in [0.1, 0.15) is 43.1 Å². The second-order valence-corrected chi connectivity index (χ2v) is 11.5. The van der Waals surface area contributed by atoms with Gasteiger partial charge in [0.15, 0.2) is 5.78 Å². The first-order chi connectivity index (χ1) is 20.1. The smallest absolute Gasteiger partial charge is 0.343 e. The van der Waals surface area contributed by atoms with Crippen molar-refractivity contribution in [2.24, 2.45) is 23.7 Å². The zero-order valence-electron chi connectivity index (χ0n) is 22.3.